The van der Waals surface area contributed by atoms with Gasteiger partial charge in [-0.05, 0) is 71.4 Å². The smallest absolute Gasteiger partial charge is 0.325 e. The average Bonchev–Trinajstić information content (AvgIpc) is 3.87. The lowest BCUT2D eigenvalue weighted by molar-refractivity contribution is -0.154. The summed E-state index contributed by atoms with van der Waals surface area (Å²) in [6, 6.07) is -8.44. The Kier molecular flexibility index (Phi) is 25.5. The van der Waals surface area contributed by atoms with E-state index in [-0.39, 0.29) is 40.9 Å². The molecular weight excluding hydrogens is 1100 g/mol. The molecule has 33 nitrogen and oxygen atoms in total. The molecule has 1 aliphatic rings. The minimum absolute atomic E-state index is 0.0336. The summed E-state index contributed by atoms with van der Waals surface area (Å²) in [5.74, 6) is -12.7. The molecule has 1 aliphatic heterocycles. The third-order valence-corrected chi connectivity index (χ3v) is 12.1. The topological polar surface area (TPSA) is 478 Å². The lowest BCUT2D eigenvalue weighted by Crippen LogP contribution is -2.63. The van der Waals surface area contributed by atoms with Crippen LogP contribution in [0.4, 0.5) is 0 Å². The van der Waals surface area contributed by atoms with Gasteiger partial charge in [0.25, 0.3) is 11.8 Å². The van der Waals surface area contributed by atoms with E-state index in [1.54, 1.807) is 0 Å². The molecule has 0 aliphatic carbocycles. The van der Waals surface area contributed by atoms with Crippen LogP contribution in [0.1, 0.15) is 70.1 Å². The quantitative estimate of drug-likeness (QED) is 0.0196. The maximum Gasteiger partial charge on any atom is 0.325 e. The first-order chi connectivity index (χ1) is 37.5. The van der Waals surface area contributed by atoms with Gasteiger partial charge in [0.05, 0.1) is 31.4 Å². The van der Waals surface area contributed by atoms with E-state index in [0.717, 1.165) is 18.6 Å². The summed E-state index contributed by atoms with van der Waals surface area (Å²) in [4.78, 5) is 165. The van der Waals surface area contributed by atoms with Gasteiger partial charge in [-0.3, -0.25) is 73.0 Å². The summed E-state index contributed by atoms with van der Waals surface area (Å²) in [6.45, 7) is 7.23. The van der Waals surface area contributed by atoms with Gasteiger partial charge in [-0.1, -0.05) is 6.07 Å². The van der Waals surface area contributed by atoms with Gasteiger partial charge in [0.1, 0.15) is 79.0 Å². The molecule has 2 aromatic rings. The zero-order valence-electron chi connectivity index (χ0n) is 44.1. The number of imide groups is 1. The molecule has 35 heteroatoms. The van der Waals surface area contributed by atoms with Crippen LogP contribution >= 0.6 is 25.3 Å². The van der Waals surface area contributed by atoms with Crippen molar-refractivity contribution < 1.29 is 87.6 Å². The Labute approximate surface area is 466 Å². The molecule has 0 spiro atoms. The van der Waals surface area contributed by atoms with Gasteiger partial charge in [0.2, 0.25) is 59.1 Å². The molecule has 15 N–H and O–H groups in total. The Morgan fingerprint density at radius 3 is 1.62 bits per heavy atom. The Bertz CT molecular complexity index is 2660. The molecule has 0 unspecified atom stereocenters. The van der Waals surface area contributed by atoms with E-state index in [1.807, 2.05) is 0 Å². The molecule has 0 saturated carbocycles. The number of aliphatic hydroxyl groups is 2. The number of hydroxylamine groups is 2. The summed E-state index contributed by atoms with van der Waals surface area (Å²) in [6.07, 6.45) is -2.07. The molecule has 11 atom stereocenters. The molecule has 1 aromatic heterocycles. The number of aromatic nitrogens is 3. The van der Waals surface area contributed by atoms with Crippen LogP contribution in [0.3, 0.4) is 0 Å². The zero-order chi connectivity index (χ0) is 60.3. The second kappa shape index (κ2) is 30.9. The molecule has 2 heterocycles. The fourth-order valence-electron chi connectivity index (χ4n) is 6.69. The maximum atomic E-state index is 13.4. The first-order valence-electron chi connectivity index (χ1n) is 24.2. The van der Waals surface area contributed by atoms with E-state index in [9.17, 15) is 77.7 Å². The number of nitrogens with one attached hydrogen (secondary N) is 11. The van der Waals surface area contributed by atoms with Crippen molar-refractivity contribution in [2.75, 3.05) is 30.0 Å². The summed E-state index contributed by atoms with van der Waals surface area (Å²) < 4.78 is 5.64. The number of carbonyl (C=O) groups excluding carboxylic acids is 12. The second-order valence-electron chi connectivity index (χ2n) is 18.1. The SMILES string of the molecule is C[C@H](NC(=O)[C@H](CS)NC(=O)[C@H](C)NC(=O)[C@H](C)NC(=O)[C@H](CS)NC(=O)[C@@H](NC(=O)[C@@H](NC(=O)[C@H](C)NC(=O)CNC(=O)[C@H](C)NC(=O)CNn1cc(COc2ccc3c(c2)C(=O)N(O)C(=O)C3)nn1)[C@@H](C)O)[C@@H](C)O)C(=O)O. The zero-order valence-corrected chi connectivity index (χ0v) is 45.9. The van der Waals surface area contributed by atoms with Gasteiger partial charge < -0.3 is 73.2 Å². The Morgan fingerprint density at radius 2 is 1.07 bits per heavy atom. The molecule has 1 aromatic carbocycles. The number of hydrogen-bond acceptors (Lipinski definition) is 22. The van der Waals surface area contributed by atoms with Crippen LogP contribution in [0, 0.1) is 0 Å². The van der Waals surface area contributed by atoms with E-state index in [0.29, 0.717) is 11.3 Å². The van der Waals surface area contributed by atoms with Crippen LogP contribution in [-0.4, -0.2) is 209 Å². The van der Waals surface area contributed by atoms with Gasteiger partial charge in [-0.15, -0.1) is 5.10 Å². The molecule has 0 saturated heterocycles. The Balaban J connectivity index is 1.43. The van der Waals surface area contributed by atoms with Crippen LogP contribution in [0.5, 0.6) is 5.75 Å². The van der Waals surface area contributed by atoms with Crippen molar-refractivity contribution in [2.24, 2.45) is 0 Å². The van der Waals surface area contributed by atoms with Crippen molar-refractivity contribution in [1.82, 2.24) is 73.3 Å². The standard InChI is InChI=1S/C45H65N15O18S2/c1-18(48-32(64)13-47-59-14-26(57-58-59)15-78-27-9-8-25-10-33(65)60(77)44(74)28(25)11-27)36(66)46-12-31(63)49-19(2)39(69)55-35(24(7)62)43(73)56-34(23(6)61)42(72)54-30(17-80)40(70)51-20(3)37(67)50-21(4)38(68)53-29(16-79)41(71)52-22(5)45(75)76/h8-9,11,14,18-24,29-30,34-35,47,61-62,77,79-80H,10,12-13,15-17H2,1-7H3,(H,46,66)(H,48,64)(H,49,63)(H,50,67)(H,51,70)(H,52,71)(H,53,68)(H,54,72)(H,55,69)(H,56,73)(H,75,76)/t18-,19-,20-,21-,22-,23+,24+,29-,30-,34-,35-/m0/s1. The van der Waals surface area contributed by atoms with Gasteiger partial charge in [0.15, 0.2) is 0 Å². The summed E-state index contributed by atoms with van der Waals surface area (Å²) in [5.41, 5.74) is 3.45. The number of carboxylic acids is 1. The van der Waals surface area contributed by atoms with E-state index >= 15 is 0 Å². The Hall–Kier alpha value is -8.15. The van der Waals surface area contributed by atoms with Crippen molar-refractivity contribution in [3.63, 3.8) is 0 Å². The number of rotatable bonds is 30. The summed E-state index contributed by atoms with van der Waals surface area (Å²) in [7, 11) is 0. The fourth-order valence-corrected chi connectivity index (χ4v) is 7.20. The first-order valence-corrected chi connectivity index (χ1v) is 25.5. The number of fused-ring (bicyclic) bond motifs is 1. The van der Waals surface area contributed by atoms with Crippen LogP contribution in [0.2, 0.25) is 0 Å². The highest BCUT2D eigenvalue weighted by Crippen LogP contribution is 2.24. The number of aliphatic carboxylic acids is 1. The van der Waals surface area contributed by atoms with Crippen LogP contribution in [-0.2, 0) is 70.6 Å². The minimum Gasteiger partial charge on any atom is -0.487 e. The molecule has 80 heavy (non-hydrogen) atoms. The number of hydrogen-bond donors (Lipinski definition) is 17. The predicted molar refractivity (Wildman–Crippen MR) is 279 cm³/mol. The van der Waals surface area contributed by atoms with Gasteiger partial charge in [0, 0.05) is 17.1 Å². The van der Waals surface area contributed by atoms with Crippen molar-refractivity contribution in [3.05, 3.63) is 41.2 Å². The lowest BCUT2D eigenvalue weighted by atomic mass is 9.99. The highest BCUT2D eigenvalue weighted by atomic mass is 32.1. The normalized spacial score (nSPS) is 16.0. The van der Waals surface area contributed by atoms with E-state index in [1.165, 1.54) is 59.0 Å². The van der Waals surface area contributed by atoms with Crippen molar-refractivity contribution in [2.45, 2.75) is 128 Å². The Morgan fingerprint density at radius 1 is 0.613 bits per heavy atom. The highest BCUT2D eigenvalue weighted by Gasteiger charge is 2.36. The molecule has 0 radical (unpaired) electrons. The third kappa shape index (κ3) is 19.9. The summed E-state index contributed by atoms with van der Waals surface area (Å²) >= 11 is 8.07. The van der Waals surface area contributed by atoms with Crippen LogP contribution in [0.15, 0.2) is 24.4 Å². The second-order valence-corrected chi connectivity index (χ2v) is 18.8. The molecule has 0 fully saturated rings. The average molecular weight is 1170 g/mol. The monoisotopic (exact) mass is 1170 g/mol. The first kappa shape index (κ1) is 66.1. The van der Waals surface area contributed by atoms with E-state index in [4.69, 9.17) is 9.84 Å². The number of thiol groups is 2. The molecular formula is C45H65N15O18S2. The van der Waals surface area contributed by atoms with E-state index in [2.05, 4.69) is 94.2 Å². The number of ether oxygens (including phenoxy) is 1. The highest BCUT2D eigenvalue weighted by molar-refractivity contribution is 7.80. The van der Waals surface area contributed by atoms with Crippen molar-refractivity contribution in [1.29, 1.82) is 0 Å². The van der Waals surface area contributed by atoms with E-state index < -0.39 is 157 Å². The minimum atomic E-state index is -1.82. The number of carbonyl (C=O) groups is 13. The molecule has 3 rings (SSSR count). The van der Waals surface area contributed by atoms with Crippen LogP contribution in [0.25, 0.3) is 0 Å². The van der Waals surface area contributed by atoms with Crippen LogP contribution < -0.4 is 63.3 Å². The third-order valence-electron chi connectivity index (χ3n) is 11.4. The number of aliphatic hydroxyl groups excluding tert-OH is 2. The number of nitrogens with zero attached hydrogens (tertiary/aromatic N) is 4. The number of carboxylic acid groups (broad SMARTS) is 1. The number of amides is 12. The van der Waals surface area contributed by atoms with Gasteiger partial charge in [-0.2, -0.15) is 35.1 Å². The largest absolute Gasteiger partial charge is 0.487 e. The fraction of sp³-hybridized carbons (Fsp3) is 0.533. The maximum absolute atomic E-state index is 13.4. The molecule has 0 bridgehead atoms. The molecule has 440 valence electrons. The van der Waals surface area contributed by atoms with Crippen molar-refractivity contribution in [3.8, 4) is 5.75 Å². The number of benzene rings is 1. The van der Waals surface area contributed by atoms with Crippen molar-refractivity contribution >= 4 is 102 Å². The van der Waals surface area contributed by atoms with Gasteiger partial charge in [-0.25, -0.2) is 0 Å². The predicted octanol–water partition coefficient (Wildman–Crippen LogP) is -7.40. The van der Waals surface area contributed by atoms with Gasteiger partial charge >= 0.3 is 5.97 Å². The molecule has 12 amide bonds. The summed E-state index contributed by atoms with van der Waals surface area (Å²) in [5, 5.41) is 70.1. The lowest BCUT2D eigenvalue weighted by Gasteiger charge is -2.28.